The molecule has 0 spiro atoms. The Morgan fingerprint density at radius 1 is 1.10 bits per heavy atom. The van der Waals surface area contributed by atoms with Crippen molar-refractivity contribution >= 4 is 10.2 Å². The van der Waals surface area contributed by atoms with E-state index in [9.17, 15) is 21.6 Å². The number of rotatable bonds is 14. The van der Waals surface area contributed by atoms with Gasteiger partial charge in [0.15, 0.2) is 0 Å². The highest BCUT2D eigenvalue weighted by Gasteiger charge is 2.34. The number of ether oxygens (including phenoxy) is 1. The molecule has 0 aromatic carbocycles. The van der Waals surface area contributed by atoms with Gasteiger partial charge >= 0.3 is 6.18 Å². The molecule has 0 aromatic rings. The fourth-order valence-corrected chi connectivity index (χ4v) is 4.60. The summed E-state index contributed by atoms with van der Waals surface area (Å²) in [5.74, 6) is 0. The van der Waals surface area contributed by atoms with Crippen molar-refractivity contribution < 1.29 is 26.3 Å². The molecule has 1 aliphatic rings. The Kier molecular flexibility index (Phi) is 11.7. The average molecular weight is 444 g/mol. The summed E-state index contributed by atoms with van der Waals surface area (Å²) in [5.41, 5.74) is 0. The van der Waals surface area contributed by atoms with Crippen LogP contribution in [0.15, 0.2) is 12.7 Å². The maximum Gasteiger partial charge on any atom is 0.402 e. The fourth-order valence-electron chi connectivity index (χ4n) is 3.45. The van der Waals surface area contributed by atoms with Crippen molar-refractivity contribution in [3.63, 3.8) is 0 Å². The molecule has 0 amide bonds. The van der Waals surface area contributed by atoms with Crippen LogP contribution < -0.4 is 4.72 Å². The maximum atomic E-state index is 12.3. The number of nitrogens with zero attached hydrogens (tertiary/aromatic N) is 2. The van der Waals surface area contributed by atoms with Crippen molar-refractivity contribution in [3.8, 4) is 0 Å². The summed E-state index contributed by atoms with van der Waals surface area (Å²) in [6.45, 7) is 4.83. The number of likely N-dealkylation sites (N-methyl/N-ethyl adjacent to an activating group) is 1. The SMILES string of the molecule is C=CCN(C)CCCCCCOC1CCC(N(C)S(=O)(=O)NCC(F)(F)F)CC1. The van der Waals surface area contributed by atoms with Crippen LogP contribution in [0.5, 0.6) is 0 Å². The standard InChI is InChI=1S/C19H36F3N3O3S/c1-4-13-24(2)14-7-5-6-8-15-28-18-11-9-17(10-12-18)25(3)29(26,27)23-16-19(20,21)22/h4,17-18,23H,1,5-16H2,2-3H3. The zero-order chi connectivity index (χ0) is 21.9. The van der Waals surface area contributed by atoms with Crippen LogP contribution in [0.1, 0.15) is 51.4 Å². The van der Waals surface area contributed by atoms with Crippen molar-refractivity contribution in [2.45, 2.75) is 69.7 Å². The minimum Gasteiger partial charge on any atom is -0.378 e. The third-order valence-corrected chi connectivity index (χ3v) is 6.79. The molecule has 0 heterocycles. The van der Waals surface area contributed by atoms with Gasteiger partial charge in [0.2, 0.25) is 0 Å². The van der Waals surface area contributed by atoms with Crippen molar-refractivity contribution in [2.75, 3.05) is 40.3 Å². The van der Waals surface area contributed by atoms with E-state index in [-0.39, 0.29) is 12.1 Å². The Bertz CT molecular complexity index is 565. The summed E-state index contributed by atoms with van der Waals surface area (Å²) in [6, 6.07) is -0.298. The van der Waals surface area contributed by atoms with Crippen LogP contribution in [0.4, 0.5) is 13.2 Å². The zero-order valence-electron chi connectivity index (χ0n) is 17.6. The van der Waals surface area contributed by atoms with E-state index >= 15 is 0 Å². The van der Waals surface area contributed by atoms with Gasteiger partial charge in [0.05, 0.1) is 6.10 Å². The molecule has 29 heavy (non-hydrogen) atoms. The second-order valence-electron chi connectivity index (χ2n) is 7.72. The second-order valence-corrected chi connectivity index (χ2v) is 9.54. The molecular formula is C19H36F3N3O3S. The van der Waals surface area contributed by atoms with Gasteiger partial charge in [0.25, 0.3) is 10.2 Å². The van der Waals surface area contributed by atoms with Gasteiger partial charge in [-0.3, -0.25) is 0 Å². The second kappa shape index (κ2) is 12.9. The van der Waals surface area contributed by atoms with E-state index in [2.05, 4.69) is 18.5 Å². The van der Waals surface area contributed by atoms with Gasteiger partial charge in [-0.25, -0.2) is 0 Å². The largest absolute Gasteiger partial charge is 0.402 e. The average Bonchev–Trinajstić information content (AvgIpc) is 2.65. The van der Waals surface area contributed by atoms with E-state index in [1.165, 1.54) is 7.05 Å². The van der Waals surface area contributed by atoms with E-state index in [1.807, 2.05) is 6.08 Å². The quantitative estimate of drug-likeness (QED) is 0.331. The molecule has 0 bridgehead atoms. The molecule has 1 rings (SSSR count). The van der Waals surface area contributed by atoms with Crippen LogP contribution in [0, 0.1) is 0 Å². The lowest BCUT2D eigenvalue weighted by molar-refractivity contribution is -0.121. The molecule has 6 nitrogen and oxygen atoms in total. The summed E-state index contributed by atoms with van der Waals surface area (Å²) in [6.07, 6.45) is 4.47. The van der Waals surface area contributed by atoms with Crippen LogP contribution in [0.25, 0.3) is 0 Å². The molecule has 10 heteroatoms. The van der Waals surface area contributed by atoms with Crippen molar-refractivity contribution in [1.29, 1.82) is 0 Å². The number of alkyl halides is 3. The summed E-state index contributed by atoms with van der Waals surface area (Å²) in [7, 11) is -0.727. The Hall–Kier alpha value is -0.680. The summed E-state index contributed by atoms with van der Waals surface area (Å²) < 4.78 is 69.3. The lowest BCUT2D eigenvalue weighted by Gasteiger charge is -2.34. The highest BCUT2D eigenvalue weighted by Crippen LogP contribution is 2.26. The molecular weight excluding hydrogens is 407 g/mol. The molecule has 0 atom stereocenters. The van der Waals surface area contributed by atoms with Gasteiger partial charge in [-0.15, -0.1) is 6.58 Å². The third kappa shape index (κ3) is 11.3. The fraction of sp³-hybridized carbons (Fsp3) is 0.895. The van der Waals surface area contributed by atoms with Gasteiger partial charge in [-0.2, -0.15) is 30.6 Å². The summed E-state index contributed by atoms with van der Waals surface area (Å²) in [5, 5.41) is 0. The zero-order valence-corrected chi connectivity index (χ0v) is 18.4. The molecule has 0 radical (unpaired) electrons. The lowest BCUT2D eigenvalue weighted by atomic mass is 9.93. The Morgan fingerprint density at radius 3 is 2.31 bits per heavy atom. The van der Waals surface area contributed by atoms with Gasteiger partial charge in [0, 0.05) is 26.2 Å². The number of hydrogen-bond donors (Lipinski definition) is 1. The Labute approximate surface area is 173 Å². The minimum atomic E-state index is -4.57. The van der Waals surface area contributed by atoms with Crippen LogP contribution in [0.2, 0.25) is 0 Å². The number of unbranched alkanes of at least 4 members (excludes halogenated alkanes) is 3. The lowest BCUT2D eigenvalue weighted by Crippen LogP contribution is -2.48. The molecule has 172 valence electrons. The molecule has 1 fully saturated rings. The van der Waals surface area contributed by atoms with E-state index < -0.39 is 22.9 Å². The number of halogens is 3. The van der Waals surface area contributed by atoms with E-state index in [4.69, 9.17) is 4.74 Å². The summed E-state index contributed by atoms with van der Waals surface area (Å²) in [4.78, 5) is 2.23. The van der Waals surface area contributed by atoms with E-state index in [1.54, 1.807) is 4.72 Å². The van der Waals surface area contributed by atoms with Gasteiger partial charge in [-0.1, -0.05) is 18.9 Å². The van der Waals surface area contributed by atoms with Crippen molar-refractivity contribution in [1.82, 2.24) is 13.9 Å². The smallest absolute Gasteiger partial charge is 0.378 e. The van der Waals surface area contributed by atoms with Gasteiger partial charge in [0.1, 0.15) is 6.54 Å². The van der Waals surface area contributed by atoms with Crippen LogP contribution in [-0.2, 0) is 14.9 Å². The highest BCUT2D eigenvalue weighted by atomic mass is 32.2. The predicted molar refractivity (Wildman–Crippen MR) is 109 cm³/mol. The van der Waals surface area contributed by atoms with Crippen LogP contribution >= 0.6 is 0 Å². The maximum absolute atomic E-state index is 12.3. The first-order valence-corrected chi connectivity index (χ1v) is 11.7. The van der Waals surface area contributed by atoms with Crippen LogP contribution in [-0.4, -0.2) is 76.3 Å². The number of nitrogens with one attached hydrogen (secondary N) is 1. The van der Waals surface area contributed by atoms with E-state index in [0.29, 0.717) is 19.4 Å². The third-order valence-electron chi connectivity index (χ3n) is 5.22. The van der Waals surface area contributed by atoms with Crippen LogP contribution in [0.3, 0.4) is 0 Å². The Balaban J connectivity index is 2.17. The van der Waals surface area contributed by atoms with Crippen molar-refractivity contribution in [3.05, 3.63) is 12.7 Å². The summed E-state index contributed by atoms with van der Waals surface area (Å²) >= 11 is 0. The normalized spacial score (nSPS) is 21.1. The molecule has 0 saturated heterocycles. The molecule has 0 aliphatic heterocycles. The topological polar surface area (TPSA) is 61.9 Å². The highest BCUT2D eigenvalue weighted by molar-refractivity contribution is 7.87. The predicted octanol–water partition coefficient (Wildman–Crippen LogP) is 3.32. The molecule has 0 aromatic heterocycles. The van der Waals surface area contributed by atoms with Gasteiger partial charge < -0.3 is 9.64 Å². The molecule has 1 saturated carbocycles. The molecule has 0 unspecified atom stereocenters. The molecule has 1 aliphatic carbocycles. The number of hydrogen-bond acceptors (Lipinski definition) is 4. The minimum absolute atomic E-state index is 0.101. The first kappa shape index (κ1) is 26.4. The van der Waals surface area contributed by atoms with Crippen molar-refractivity contribution in [2.24, 2.45) is 0 Å². The molecule has 1 N–H and O–H groups in total. The first-order chi connectivity index (χ1) is 13.5. The monoisotopic (exact) mass is 443 g/mol. The van der Waals surface area contributed by atoms with E-state index in [0.717, 1.165) is 55.9 Å². The Morgan fingerprint density at radius 2 is 1.72 bits per heavy atom. The van der Waals surface area contributed by atoms with Gasteiger partial charge in [-0.05, 0) is 52.1 Å². The first-order valence-electron chi connectivity index (χ1n) is 10.3.